The summed E-state index contributed by atoms with van der Waals surface area (Å²) in [5, 5.41) is 1.97. The summed E-state index contributed by atoms with van der Waals surface area (Å²) in [6, 6.07) is 24.4. The van der Waals surface area contributed by atoms with E-state index in [1.807, 2.05) is 62.3 Å². The number of para-hydroxylation sites is 1. The molecule has 0 amide bonds. The molecule has 1 saturated heterocycles. The summed E-state index contributed by atoms with van der Waals surface area (Å²) >= 11 is 3.05. The number of thioether (sulfide) groups is 1. The van der Waals surface area contributed by atoms with Crippen molar-refractivity contribution in [2.45, 2.75) is 39.5 Å². The van der Waals surface area contributed by atoms with Gasteiger partial charge in [-0.1, -0.05) is 48.2 Å². The first-order chi connectivity index (χ1) is 23.1. The van der Waals surface area contributed by atoms with Crippen molar-refractivity contribution in [2.24, 2.45) is 0 Å². The average Bonchev–Trinajstić information content (AvgIpc) is 3.07. The van der Waals surface area contributed by atoms with Gasteiger partial charge in [0.2, 0.25) is 0 Å². The highest BCUT2D eigenvalue weighted by Gasteiger charge is 2.33. The van der Waals surface area contributed by atoms with Crippen molar-refractivity contribution in [1.82, 2.24) is 9.80 Å². The van der Waals surface area contributed by atoms with Gasteiger partial charge in [0.25, 0.3) is 0 Å². The SMILES string of the molecule is CC(Sc1cccc2c(N(C)C)cccc12)C(=O)OCCN1CCN(CCCN2c3ccccc3Sc3ccc(C(F)(F)F)cc32)CC1. The molecule has 0 N–H and O–H groups in total. The Morgan fingerprint density at radius 1 is 0.854 bits per heavy atom. The maximum absolute atomic E-state index is 13.6. The van der Waals surface area contributed by atoms with E-state index in [9.17, 15) is 18.0 Å². The van der Waals surface area contributed by atoms with Gasteiger partial charge in [0, 0.05) is 79.1 Å². The molecule has 0 radical (unpaired) electrons. The molecule has 0 bridgehead atoms. The molecule has 1 atom stereocenters. The lowest BCUT2D eigenvalue weighted by atomic mass is 10.1. The fourth-order valence-electron chi connectivity index (χ4n) is 6.32. The van der Waals surface area contributed by atoms with Crippen molar-refractivity contribution in [1.29, 1.82) is 0 Å². The lowest BCUT2D eigenvalue weighted by Crippen LogP contribution is -2.47. The van der Waals surface area contributed by atoms with Gasteiger partial charge in [0.1, 0.15) is 11.9 Å². The number of fused-ring (bicyclic) bond motifs is 3. The third kappa shape index (κ3) is 7.91. The first-order valence-electron chi connectivity index (χ1n) is 16.3. The Kier molecular flexibility index (Phi) is 10.8. The minimum atomic E-state index is -4.38. The first kappa shape index (κ1) is 34.5. The zero-order chi connectivity index (χ0) is 33.8. The Bertz CT molecular complexity index is 1740. The molecule has 6 nitrogen and oxygen atoms in total. The van der Waals surface area contributed by atoms with Crippen LogP contribution in [0.2, 0.25) is 0 Å². The Labute approximate surface area is 289 Å². The second-order valence-electron chi connectivity index (χ2n) is 12.4. The van der Waals surface area contributed by atoms with Crippen LogP contribution in [0.25, 0.3) is 10.8 Å². The van der Waals surface area contributed by atoms with E-state index < -0.39 is 11.7 Å². The van der Waals surface area contributed by atoms with Crippen molar-refractivity contribution in [3.8, 4) is 0 Å². The summed E-state index contributed by atoms with van der Waals surface area (Å²) in [5.74, 6) is -0.207. The molecule has 4 aromatic carbocycles. The first-order valence-corrected chi connectivity index (χ1v) is 18.0. The standard InChI is InChI=1S/C37H41F3N4O2S2/c1-26(47-33-14-7-9-28-29(33)10-6-12-30(28)41(2)3)36(45)46-24-23-43-21-19-42(20-22-43)17-8-18-44-31-11-4-5-13-34(31)48-35-16-15-27(25-32(35)44)37(38,39)40/h4-7,9-16,25-26H,8,17-24H2,1-3H3. The molecule has 1 unspecified atom stereocenters. The fraction of sp³-hybridized carbons (Fsp3) is 0.378. The summed E-state index contributed by atoms with van der Waals surface area (Å²) in [5.41, 5.74) is 2.10. The maximum atomic E-state index is 13.6. The quantitative estimate of drug-likeness (QED) is 0.115. The average molecular weight is 695 g/mol. The van der Waals surface area contributed by atoms with Crippen molar-refractivity contribution in [2.75, 3.05) is 76.3 Å². The van der Waals surface area contributed by atoms with Crippen LogP contribution in [0.3, 0.4) is 0 Å². The van der Waals surface area contributed by atoms with E-state index in [2.05, 4.69) is 39.0 Å². The number of esters is 1. The van der Waals surface area contributed by atoms with E-state index in [1.165, 1.54) is 35.7 Å². The van der Waals surface area contributed by atoms with Crippen LogP contribution in [-0.2, 0) is 15.7 Å². The summed E-state index contributed by atoms with van der Waals surface area (Å²) in [4.78, 5) is 24.7. The molecule has 0 aromatic heterocycles. The lowest BCUT2D eigenvalue weighted by molar-refractivity contribution is -0.143. The summed E-state index contributed by atoms with van der Waals surface area (Å²) in [6.07, 6.45) is -3.55. The second kappa shape index (κ2) is 15.0. The number of alkyl halides is 3. The second-order valence-corrected chi connectivity index (χ2v) is 14.9. The molecule has 254 valence electrons. The molecule has 2 aliphatic rings. The largest absolute Gasteiger partial charge is 0.463 e. The molecular weight excluding hydrogens is 654 g/mol. The lowest BCUT2D eigenvalue weighted by Gasteiger charge is -2.36. The predicted octanol–water partition coefficient (Wildman–Crippen LogP) is 8.26. The number of halogens is 3. The highest BCUT2D eigenvalue weighted by molar-refractivity contribution is 8.00. The molecule has 0 aliphatic carbocycles. The van der Waals surface area contributed by atoms with Crippen LogP contribution in [0, 0.1) is 0 Å². The number of hydrogen-bond donors (Lipinski definition) is 0. The van der Waals surface area contributed by atoms with Gasteiger partial charge >= 0.3 is 12.1 Å². The smallest absolute Gasteiger partial charge is 0.416 e. The third-order valence-corrected chi connectivity index (χ3v) is 11.2. The molecule has 11 heteroatoms. The Morgan fingerprint density at radius 3 is 2.29 bits per heavy atom. The van der Waals surface area contributed by atoms with E-state index >= 15 is 0 Å². The van der Waals surface area contributed by atoms with Gasteiger partial charge in [-0.05, 0) is 67.7 Å². The highest BCUT2D eigenvalue weighted by atomic mass is 32.2. The minimum absolute atomic E-state index is 0.207. The number of rotatable bonds is 11. The number of benzene rings is 4. The molecule has 0 spiro atoms. The number of hydrogen-bond acceptors (Lipinski definition) is 8. The number of piperazine rings is 1. The molecule has 2 heterocycles. The van der Waals surface area contributed by atoms with Crippen LogP contribution < -0.4 is 9.80 Å². The van der Waals surface area contributed by atoms with Gasteiger partial charge in [-0.2, -0.15) is 13.2 Å². The Balaban J connectivity index is 0.952. The number of carbonyl (C=O) groups excluding carboxylic acids is 1. The third-order valence-electron chi connectivity index (χ3n) is 8.90. The molecule has 0 saturated carbocycles. The monoisotopic (exact) mass is 694 g/mol. The van der Waals surface area contributed by atoms with Crippen molar-refractivity contribution < 1.29 is 22.7 Å². The topological polar surface area (TPSA) is 39.3 Å². The van der Waals surface area contributed by atoms with Crippen molar-refractivity contribution in [3.63, 3.8) is 0 Å². The van der Waals surface area contributed by atoms with Crippen LogP contribution >= 0.6 is 23.5 Å². The highest BCUT2D eigenvalue weighted by Crippen LogP contribution is 2.49. The molecule has 4 aromatic rings. The summed E-state index contributed by atoms with van der Waals surface area (Å²) < 4.78 is 46.4. The van der Waals surface area contributed by atoms with Crippen LogP contribution in [0.15, 0.2) is 93.5 Å². The summed E-state index contributed by atoms with van der Waals surface area (Å²) in [6.45, 7) is 8.01. The predicted molar refractivity (Wildman–Crippen MR) is 191 cm³/mol. The Hall–Kier alpha value is -3.38. The van der Waals surface area contributed by atoms with Gasteiger partial charge in [-0.15, -0.1) is 11.8 Å². The van der Waals surface area contributed by atoms with E-state index in [4.69, 9.17) is 4.74 Å². The van der Waals surface area contributed by atoms with Crippen LogP contribution in [0.4, 0.5) is 30.2 Å². The van der Waals surface area contributed by atoms with Crippen molar-refractivity contribution in [3.05, 3.63) is 84.4 Å². The van der Waals surface area contributed by atoms with Gasteiger partial charge in [-0.25, -0.2) is 0 Å². The zero-order valence-corrected chi connectivity index (χ0v) is 29.1. The van der Waals surface area contributed by atoms with Gasteiger partial charge in [-0.3, -0.25) is 9.69 Å². The molecule has 6 rings (SSSR count). The Morgan fingerprint density at radius 2 is 1.54 bits per heavy atom. The van der Waals surface area contributed by atoms with E-state index in [1.54, 1.807) is 6.07 Å². The summed E-state index contributed by atoms with van der Waals surface area (Å²) in [7, 11) is 4.06. The molecule has 48 heavy (non-hydrogen) atoms. The number of nitrogens with zero attached hydrogens (tertiary/aromatic N) is 4. The molecule has 1 fully saturated rings. The van der Waals surface area contributed by atoms with Crippen LogP contribution in [0.5, 0.6) is 0 Å². The van der Waals surface area contributed by atoms with Crippen LogP contribution in [-0.4, -0.2) is 87.5 Å². The van der Waals surface area contributed by atoms with Crippen molar-refractivity contribution >= 4 is 57.3 Å². The molecule has 2 aliphatic heterocycles. The normalized spacial score (nSPS) is 16.0. The maximum Gasteiger partial charge on any atom is 0.416 e. The van der Waals surface area contributed by atoms with E-state index in [-0.39, 0.29) is 11.2 Å². The van der Waals surface area contributed by atoms with Crippen LogP contribution in [0.1, 0.15) is 18.9 Å². The molecular formula is C37H41F3N4O2S2. The van der Waals surface area contributed by atoms with E-state index in [0.717, 1.165) is 76.0 Å². The number of anilines is 3. The van der Waals surface area contributed by atoms with Gasteiger partial charge in [0.15, 0.2) is 0 Å². The number of carbonyl (C=O) groups is 1. The fourth-order valence-corrected chi connectivity index (χ4v) is 8.41. The van der Waals surface area contributed by atoms with Gasteiger partial charge in [0.05, 0.1) is 16.9 Å². The van der Waals surface area contributed by atoms with E-state index in [0.29, 0.717) is 25.4 Å². The zero-order valence-electron chi connectivity index (χ0n) is 27.5. The minimum Gasteiger partial charge on any atom is -0.463 e. The van der Waals surface area contributed by atoms with Gasteiger partial charge < -0.3 is 19.4 Å². The number of ether oxygens (including phenoxy) is 1.